The number of nitrogens with zero attached hydrogens (tertiary/aromatic N) is 5. The third-order valence-corrected chi connectivity index (χ3v) is 9.12. The number of amides is 3. The zero-order chi connectivity index (χ0) is 30.0. The van der Waals surface area contributed by atoms with Gasteiger partial charge in [0.1, 0.15) is 42.3 Å². The van der Waals surface area contributed by atoms with Crippen LogP contribution in [0.25, 0.3) is 0 Å². The number of thiazole rings is 1. The van der Waals surface area contributed by atoms with Crippen molar-refractivity contribution in [3.63, 3.8) is 0 Å². The van der Waals surface area contributed by atoms with E-state index in [2.05, 4.69) is 20.9 Å². The highest BCUT2D eigenvalue weighted by atomic mass is 32.2. The van der Waals surface area contributed by atoms with E-state index in [9.17, 15) is 24.3 Å². The zero-order valence-electron chi connectivity index (χ0n) is 21.9. The van der Waals surface area contributed by atoms with Crippen LogP contribution in [-0.2, 0) is 24.0 Å². The SMILES string of the molecule is CO/N=C(\C(=O)N[C@@H]1C(=O)N2C(C(=O)O)=C(CN3C=CN4NC(SCCOC(N)=O)=CC=C34)CS[C@@H]12)c1csc(N)n1. The molecule has 0 saturated carbocycles. The predicted molar refractivity (Wildman–Crippen MR) is 155 cm³/mol. The summed E-state index contributed by atoms with van der Waals surface area (Å²) in [5, 5.41) is 20.2. The van der Waals surface area contributed by atoms with Crippen LogP contribution in [0.2, 0.25) is 0 Å². The van der Waals surface area contributed by atoms with Crippen LogP contribution in [0.3, 0.4) is 0 Å². The molecule has 3 amide bonds. The molecule has 4 aliphatic heterocycles. The van der Waals surface area contributed by atoms with Crippen LogP contribution < -0.4 is 22.2 Å². The second-order valence-corrected chi connectivity index (χ2v) is 11.9. The van der Waals surface area contributed by atoms with Crippen molar-refractivity contribution < 1.29 is 33.9 Å². The van der Waals surface area contributed by atoms with E-state index in [0.717, 1.165) is 22.2 Å². The molecule has 0 radical (unpaired) electrons. The lowest BCUT2D eigenvalue weighted by Crippen LogP contribution is -2.71. The largest absolute Gasteiger partial charge is 0.477 e. The number of oxime groups is 1. The molecule has 5 heterocycles. The number of hydrazine groups is 1. The highest BCUT2D eigenvalue weighted by molar-refractivity contribution is 8.03. The molecule has 19 heteroatoms. The number of carboxylic acid groups (broad SMARTS) is 1. The van der Waals surface area contributed by atoms with Crippen LogP contribution in [0.1, 0.15) is 5.69 Å². The van der Waals surface area contributed by atoms with E-state index in [4.69, 9.17) is 21.0 Å². The summed E-state index contributed by atoms with van der Waals surface area (Å²) in [5.41, 5.74) is 14.3. The summed E-state index contributed by atoms with van der Waals surface area (Å²) in [6, 6.07) is -0.960. The maximum absolute atomic E-state index is 13.2. The molecule has 0 aliphatic carbocycles. The average Bonchev–Trinajstić information content (AvgIpc) is 3.57. The van der Waals surface area contributed by atoms with Crippen molar-refractivity contribution in [3.05, 3.63) is 57.7 Å². The van der Waals surface area contributed by atoms with Gasteiger partial charge in [-0.1, -0.05) is 5.16 Å². The van der Waals surface area contributed by atoms with Gasteiger partial charge in [-0.3, -0.25) is 19.9 Å². The number of hydrogen-bond donors (Lipinski definition) is 5. The van der Waals surface area contributed by atoms with Gasteiger partial charge in [0.2, 0.25) is 0 Å². The van der Waals surface area contributed by atoms with Crippen molar-refractivity contribution in [2.24, 2.45) is 10.9 Å². The first-order valence-corrected chi connectivity index (χ1v) is 15.1. The number of aliphatic carboxylic acids is 1. The number of carboxylic acids is 1. The van der Waals surface area contributed by atoms with Crippen molar-refractivity contribution in [1.29, 1.82) is 0 Å². The fourth-order valence-electron chi connectivity index (χ4n) is 4.44. The monoisotopic (exact) mass is 635 g/mol. The number of allylic oxidation sites excluding steroid dienone is 2. The minimum absolute atomic E-state index is 0.107. The normalized spacial score (nSPS) is 21.1. The third kappa shape index (κ3) is 5.83. The molecule has 1 aromatic rings. The molecule has 5 rings (SSSR count). The number of ether oxygens (including phenoxy) is 1. The molecule has 42 heavy (non-hydrogen) atoms. The second kappa shape index (κ2) is 12.2. The number of nitrogens with two attached hydrogens (primary N) is 2. The van der Waals surface area contributed by atoms with Gasteiger partial charge in [-0.2, -0.15) is 0 Å². The Morgan fingerprint density at radius 1 is 1.33 bits per heavy atom. The highest BCUT2D eigenvalue weighted by Gasteiger charge is 2.54. The van der Waals surface area contributed by atoms with E-state index >= 15 is 0 Å². The first-order chi connectivity index (χ1) is 20.2. The van der Waals surface area contributed by atoms with Gasteiger partial charge >= 0.3 is 12.1 Å². The Balaban J connectivity index is 1.26. The molecule has 0 bridgehead atoms. The van der Waals surface area contributed by atoms with Gasteiger partial charge in [-0.15, -0.1) is 34.9 Å². The molecule has 0 unspecified atom stereocenters. The summed E-state index contributed by atoms with van der Waals surface area (Å²) < 4.78 is 4.74. The number of thioether (sulfide) groups is 2. The summed E-state index contributed by atoms with van der Waals surface area (Å²) in [6.07, 6.45) is 6.47. The standard InChI is InChI=1S/C23H25N9O7S3/c1-38-29-15(12-10-42-22(24)26-12)18(33)27-16-19(34)32-17(21(35)36)11(9-41-20(16)32)8-30-4-5-31-14(30)3-2-13(28-31)40-7-6-39-23(25)37/h2-5,10,16,20,28H,6-9H2,1H3,(H2,24,26)(H2,25,37)(H,27,33)(H,35,36)/b29-15-/t16-,20+/m1/s1. The van der Waals surface area contributed by atoms with Gasteiger partial charge in [0.15, 0.2) is 10.8 Å². The fraction of sp³-hybridized carbons (Fsp3) is 0.304. The van der Waals surface area contributed by atoms with Gasteiger partial charge < -0.3 is 36.4 Å². The minimum Gasteiger partial charge on any atom is -0.477 e. The van der Waals surface area contributed by atoms with Crippen LogP contribution >= 0.6 is 34.9 Å². The molecular formula is C23H25N9O7S3. The summed E-state index contributed by atoms with van der Waals surface area (Å²) >= 11 is 3.91. The Morgan fingerprint density at radius 2 is 2.14 bits per heavy atom. The van der Waals surface area contributed by atoms with Crippen molar-refractivity contribution in [3.8, 4) is 0 Å². The number of carbonyl (C=O) groups excluding carboxylic acids is 3. The summed E-state index contributed by atoms with van der Waals surface area (Å²) in [4.78, 5) is 61.1. The molecule has 1 fully saturated rings. The van der Waals surface area contributed by atoms with Gasteiger partial charge in [0.25, 0.3) is 11.8 Å². The van der Waals surface area contributed by atoms with E-state index in [1.165, 1.54) is 40.9 Å². The molecule has 0 aromatic carbocycles. The molecule has 1 saturated heterocycles. The molecule has 1 aromatic heterocycles. The number of hydrogen-bond acceptors (Lipinski definition) is 15. The lowest BCUT2D eigenvalue weighted by atomic mass is 10.0. The number of carbonyl (C=O) groups is 4. The summed E-state index contributed by atoms with van der Waals surface area (Å²) in [6.45, 7) is 0.395. The van der Waals surface area contributed by atoms with E-state index in [-0.39, 0.29) is 35.4 Å². The Kier molecular flexibility index (Phi) is 8.50. The fourth-order valence-corrected chi connectivity index (χ4v) is 7.03. The molecular weight excluding hydrogens is 611 g/mol. The predicted octanol–water partition coefficient (Wildman–Crippen LogP) is -0.0673. The molecule has 2 atom stereocenters. The number of primary amides is 1. The third-order valence-electron chi connectivity index (χ3n) is 6.20. The van der Waals surface area contributed by atoms with E-state index in [1.54, 1.807) is 17.4 Å². The van der Waals surface area contributed by atoms with Crippen LogP contribution in [0.5, 0.6) is 0 Å². The van der Waals surface area contributed by atoms with Crippen LogP contribution in [-0.4, -0.2) is 97.7 Å². The Bertz CT molecular complexity index is 1470. The maximum Gasteiger partial charge on any atom is 0.404 e. The molecule has 4 aliphatic rings. The first-order valence-electron chi connectivity index (χ1n) is 12.2. The van der Waals surface area contributed by atoms with Crippen LogP contribution in [0.4, 0.5) is 9.93 Å². The maximum atomic E-state index is 13.2. The molecule has 0 spiro atoms. The Hall–Kier alpha value is -4.36. The van der Waals surface area contributed by atoms with Crippen molar-refractivity contribution in [1.82, 2.24) is 30.5 Å². The van der Waals surface area contributed by atoms with E-state index in [1.807, 2.05) is 17.1 Å². The molecule has 7 N–H and O–H groups in total. The lowest BCUT2D eigenvalue weighted by Gasteiger charge is -2.49. The Labute approximate surface area is 251 Å². The topological polar surface area (TPSA) is 218 Å². The van der Waals surface area contributed by atoms with Crippen LogP contribution in [0, 0.1) is 0 Å². The Morgan fingerprint density at radius 3 is 2.83 bits per heavy atom. The summed E-state index contributed by atoms with van der Waals surface area (Å²) in [5.74, 6) is -0.897. The van der Waals surface area contributed by atoms with Crippen molar-refractivity contribution in [2.45, 2.75) is 11.4 Å². The number of anilines is 1. The van der Waals surface area contributed by atoms with Gasteiger partial charge in [0, 0.05) is 35.8 Å². The van der Waals surface area contributed by atoms with Crippen LogP contribution in [0.15, 0.2) is 57.2 Å². The van der Waals surface area contributed by atoms with Gasteiger partial charge in [-0.05, 0) is 17.7 Å². The van der Waals surface area contributed by atoms with E-state index in [0.29, 0.717) is 17.1 Å². The lowest BCUT2D eigenvalue weighted by molar-refractivity contribution is -0.150. The number of nitrogens with one attached hydrogen (secondary N) is 2. The second-order valence-electron chi connectivity index (χ2n) is 8.79. The van der Waals surface area contributed by atoms with E-state index < -0.39 is 35.3 Å². The number of rotatable bonds is 11. The average molecular weight is 636 g/mol. The molecule has 222 valence electrons. The minimum atomic E-state index is -1.24. The molecule has 16 nitrogen and oxygen atoms in total. The quantitative estimate of drug-likeness (QED) is 0.0931. The zero-order valence-corrected chi connectivity index (χ0v) is 24.3. The number of β-lactam (4-membered cyclic amide) rings is 1. The van der Waals surface area contributed by atoms with Gasteiger partial charge in [-0.25, -0.2) is 19.6 Å². The number of aromatic nitrogens is 1. The summed E-state index contributed by atoms with van der Waals surface area (Å²) in [7, 11) is 1.27. The number of nitrogen functional groups attached to an aromatic ring is 1. The van der Waals surface area contributed by atoms with Crippen molar-refractivity contribution in [2.75, 3.05) is 37.5 Å². The first kappa shape index (κ1) is 29.1. The number of fused-ring (bicyclic) bond motifs is 2. The highest BCUT2D eigenvalue weighted by Crippen LogP contribution is 2.41. The van der Waals surface area contributed by atoms with Crippen molar-refractivity contribution >= 4 is 69.6 Å². The smallest absolute Gasteiger partial charge is 0.404 e. The van der Waals surface area contributed by atoms with Gasteiger partial charge in [0.05, 0.1) is 5.03 Å².